The van der Waals surface area contributed by atoms with Crippen molar-refractivity contribution in [3.63, 3.8) is 0 Å². The van der Waals surface area contributed by atoms with E-state index in [2.05, 4.69) is 34.5 Å². The number of thioether (sulfide) groups is 1. The zero-order valence-electron chi connectivity index (χ0n) is 17.8. The van der Waals surface area contributed by atoms with Crippen LogP contribution < -0.4 is 9.47 Å². The van der Waals surface area contributed by atoms with Crippen LogP contribution in [0.4, 0.5) is 10.1 Å². The topological polar surface area (TPSA) is 51.1 Å². The zero-order valence-corrected chi connectivity index (χ0v) is 20.8. The number of amides is 1. The molecule has 0 spiro atoms. The van der Waals surface area contributed by atoms with Crippen LogP contribution in [0.25, 0.3) is 6.08 Å². The molecule has 1 atom stereocenters. The van der Waals surface area contributed by atoms with Gasteiger partial charge < -0.3 is 9.47 Å². The average molecular weight is 554 g/mol. The van der Waals surface area contributed by atoms with Crippen LogP contribution in [-0.4, -0.2) is 35.7 Å². The highest BCUT2D eigenvalue weighted by atomic mass is 127. The second-order valence-corrected chi connectivity index (χ2v) is 9.07. The monoisotopic (exact) mass is 554 g/mol. The maximum Gasteiger partial charge on any atom is 0.266 e. The Hall–Kier alpha value is -2.07. The van der Waals surface area contributed by atoms with Crippen LogP contribution in [0.1, 0.15) is 32.8 Å². The first-order chi connectivity index (χ1) is 14.9. The number of hydrogen-bond acceptors (Lipinski definition) is 5. The van der Waals surface area contributed by atoms with Crippen LogP contribution in [0.2, 0.25) is 0 Å². The smallest absolute Gasteiger partial charge is 0.266 e. The molecule has 3 rings (SSSR count). The Kier molecular flexibility index (Phi) is 7.99. The molecule has 0 saturated carbocycles. The summed E-state index contributed by atoms with van der Waals surface area (Å²) in [6.45, 7) is 6.47. The molecule has 1 heterocycles. The molecule has 1 saturated heterocycles. The maximum absolute atomic E-state index is 13.2. The third-order valence-corrected chi connectivity index (χ3v) is 6.51. The number of halogens is 2. The second-order valence-electron chi connectivity index (χ2n) is 6.90. The lowest BCUT2D eigenvalue weighted by molar-refractivity contribution is -0.122. The quantitative estimate of drug-likeness (QED) is 0.301. The number of hydrogen-bond donors (Lipinski definition) is 0. The fourth-order valence-electron chi connectivity index (χ4n) is 2.87. The van der Waals surface area contributed by atoms with Crippen LogP contribution in [0.3, 0.4) is 0 Å². The van der Waals surface area contributed by atoms with Gasteiger partial charge in [-0.2, -0.15) is 0 Å². The number of rotatable bonds is 7. The minimum Gasteiger partial charge on any atom is -0.493 e. The molecule has 0 aliphatic carbocycles. The Balaban J connectivity index is 1.93. The Bertz CT molecular complexity index is 1020. The van der Waals surface area contributed by atoms with Crippen LogP contribution in [0.15, 0.2) is 46.3 Å². The molecule has 164 valence electrons. The Morgan fingerprint density at radius 3 is 2.58 bits per heavy atom. The summed E-state index contributed by atoms with van der Waals surface area (Å²) >= 11 is 3.52. The summed E-state index contributed by atoms with van der Waals surface area (Å²) in [5, 5.41) is 0.573. The van der Waals surface area contributed by atoms with Gasteiger partial charge in [-0.1, -0.05) is 6.92 Å². The minimum absolute atomic E-state index is 0.0712. The van der Waals surface area contributed by atoms with Gasteiger partial charge in [0.1, 0.15) is 5.82 Å². The van der Waals surface area contributed by atoms with E-state index in [4.69, 9.17) is 9.47 Å². The van der Waals surface area contributed by atoms with Gasteiger partial charge in [-0.15, -0.1) is 0 Å². The minimum atomic E-state index is -0.323. The summed E-state index contributed by atoms with van der Waals surface area (Å²) in [5.41, 5.74) is 1.44. The van der Waals surface area contributed by atoms with E-state index in [1.54, 1.807) is 24.1 Å². The highest BCUT2D eigenvalue weighted by molar-refractivity contribution is 14.1. The standard InChI is InChI=1S/C23H24FIN2O3S/c1-5-14(3)30-21-18(25)11-15(12-19(21)29-4)13-20-22(28)27(6-2)23(31-20)26-17-9-7-16(24)8-10-17/h7-14H,5-6H2,1-4H3/b20-13+,26-23?/t14-/m1/s1. The van der Waals surface area contributed by atoms with Crippen molar-refractivity contribution >= 4 is 57.2 Å². The molecule has 31 heavy (non-hydrogen) atoms. The molecule has 8 heteroatoms. The first-order valence-corrected chi connectivity index (χ1v) is 11.9. The van der Waals surface area contributed by atoms with Gasteiger partial charge in [0.15, 0.2) is 16.7 Å². The summed E-state index contributed by atoms with van der Waals surface area (Å²) in [6.07, 6.45) is 2.79. The van der Waals surface area contributed by atoms with E-state index < -0.39 is 0 Å². The second kappa shape index (κ2) is 10.5. The van der Waals surface area contributed by atoms with E-state index in [-0.39, 0.29) is 17.8 Å². The summed E-state index contributed by atoms with van der Waals surface area (Å²) in [4.78, 5) is 19.6. The predicted octanol–water partition coefficient (Wildman–Crippen LogP) is 6.24. The first kappa shape index (κ1) is 23.6. The number of ether oxygens (including phenoxy) is 2. The molecule has 1 aliphatic rings. The van der Waals surface area contributed by atoms with Gasteiger partial charge in [-0.25, -0.2) is 9.38 Å². The lowest BCUT2D eigenvalue weighted by Crippen LogP contribution is -2.28. The third kappa shape index (κ3) is 5.60. The number of benzene rings is 2. The van der Waals surface area contributed by atoms with Gasteiger partial charge in [0.05, 0.1) is 27.4 Å². The number of aliphatic imine (C=N–C) groups is 1. The molecular formula is C23H24FIN2O3S. The van der Waals surface area contributed by atoms with E-state index in [0.717, 1.165) is 15.6 Å². The molecule has 1 fully saturated rings. The van der Waals surface area contributed by atoms with E-state index in [9.17, 15) is 9.18 Å². The van der Waals surface area contributed by atoms with Crippen LogP contribution >= 0.6 is 34.4 Å². The average Bonchev–Trinajstić information content (AvgIpc) is 3.04. The highest BCUT2D eigenvalue weighted by Crippen LogP contribution is 2.38. The van der Waals surface area contributed by atoms with E-state index in [1.165, 1.54) is 23.9 Å². The number of nitrogens with zero attached hydrogens (tertiary/aromatic N) is 2. The van der Waals surface area contributed by atoms with Crippen molar-refractivity contribution in [2.45, 2.75) is 33.3 Å². The lowest BCUT2D eigenvalue weighted by Gasteiger charge is -2.17. The molecule has 0 unspecified atom stereocenters. The zero-order chi connectivity index (χ0) is 22.5. The largest absolute Gasteiger partial charge is 0.493 e. The van der Waals surface area contributed by atoms with Gasteiger partial charge in [-0.05, 0) is 103 Å². The predicted molar refractivity (Wildman–Crippen MR) is 133 cm³/mol. The summed E-state index contributed by atoms with van der Waals surface area (Å²) < 4.78 is 25.6. The number of likely N-dealkylation sites (N-methyl/N-ethyl adjacent to an activating group) is 1. The fraction of sp³-hybridized carbons (Fsp3) is 0.304. The van der Waals surface area contributed by atoms with Crippen molar-refractivity contribution in [3.8, 4) is 11.5 Å². The van der Waals surface area contributed by atoms with E-state index in [1.807, 2.05) is 32.1 Å². The lowest BCUT2D eigenvalue weighted by atomic mass is 10.1. The Morgan fingerprint density at radius 1 is 1.26 bits per heavy atom. The van der Waals surface area contributed by atoms with Gasteiger partial charge >= 0.3 is 0 Å². The van der Waals surface area contributed by atoms with Crippen molar-refractivity contribution in [1.82, 2.24) is 4.90 Å². The summed E-state index contributed by atoms with van der Waals surface area (Å²) in [5.74, 6) is 0.902. The fourth-order valence-corrected chi connectivity index (χ4v) is 4.68. The molecule has 0 aromatic heterocycles. The Labute approximate surface area is 199 Å². The molecule has 1 amide bonds. The third-order valence-electron chi connectivity index (χ3n) is 4.70. The number of carbonyl (C=O) groups is 1. The highest BCUT2D eigenvalue weighted by Gasteiger charge is 2.32. The Morgan fingerprint density at radius 2 is 1.97 bits per heavy atom. The van der Waals surface area contributed by atoms with Crippen LogP contribution in [0, 0.1) is 9.39 Å². The molecule has 0 radical (unpaired) electrons. The van der Waals surface area contributed by atoms with Crippen LogP contribution in [-0.2, 0) is 4.79 Å². The SMILES string of the molecule is CC[C@@H](C)Oc1c(I)cc(/C=C2/SC(=Nc3ccc(F)cc3)N(CC)C2=O)cc1OC. The van der Waals surface area contributed by atoms with Gasteiger partial charge in [-0.3, -0.25) is 9.69 Å². The molecule has 0 bridgehead atoms. The number of amidine groups is 1. The number of carbonyl (C=O) groups excluding carboxylic acids is 1. The normalized spacial score (nSPS) is 17.5. The number of methoxy groups -OCH3 is 1. The van der Waals surface area contributed by atoms with Crippen molar-refractivity contribution in [2.75, 3.05) is 13.7 Å². The van der Waals surface area contributed by atoms with Crippen molar-refractivity contribution in [3.05, 3.63) is 56.3 Å². The molecule has 2 aromatic rings. The molecular weight excluding hydrogens is 530 g/mol. The van der Waals surface area contributed by atoms with Gasteiger partial charge in [0, 0.05) is 6.54 Å². The molecule has 1 aliphatic heterocycles. The van der Waals surface area contributed by atoms with Crippen molar-refractivity contribution in [1.29, 1.82) is 0 Å². The molecule has 2 aromatic carbocycles. The first-order valence-electron chi connectivity index (χ1n) is 9.96. The maximum atomic E-state index is 13.2. The molecule has 0 N–H and O–H groups in total. The molecule has 5 nitrogen and oxygen atoms in total. The van der Waals surface area contributed by atoms with E-state index in [0.29, 0.717) is 33.8 Å². The van der Waals surface area contributed by atoms with E-state index >= 15 is 0 Å². The van der Waals surface area contributed by atoms with Crippen molar-refractivity contribution in [2.24, 2.45) is 4.99 Å². The summed E-state index contributed by atoms with van der Waals surface area (Å²) in [7, 11) is 1.60. The van der Waals surface area contributed by atoms with Gasteiger partial charge in [0.2, 0.25) is 0 Å². The summed E-state index contributed by atoms with van der Waals surface area (Å²) in [6, 6.07) is 9.72. The van der Waals surface area contributed by atoms with Gasteiger partial charge in [0.25, 0.3) is 5.91 Å². The van der Waals surface area contributed by atoms with Crippen LogP contribution in [0.5, 0.6) is 11.5 Å². The van der Waals surface area contributed by atoms with Crippen molar-refractivity contribution < 1.29 is 18.7 Å².